The molecule has 0 radical (unpaired) electrons. The summed E-state index contributed by atoms with van der Waals surface area (Å²) >= 11 is 12.3. The number of anilines is 1. The number of fused-ring (bicyclic) bond motifs is 2. The summed E-state index contributed by atoms with van der Waals surface area (Å²) in [4.78, 5) is 53.9. The van der Waals surface area contributed by atoms with Gasteiger partial charge in [-0.05, 0) is 29.8 Å². The molecule has 0 aromatic heterocycles. The fraction of sp³-hybridized carbons (Fsp3) is 0.185. The van der Waals surface area contributed by atoms with E-state index in [9.17, 15) is 19.2 Å². The molecule has 3 aromatic carbocycles. The maximum atomic E-state index is 13.8. The standard InChI is InChI=1S/C27H17Cl2NO7/c28-18-7-5-13(9-19(18)29)23-17(11-31)22(26(34)30-14-6-8-20-21(10-14)36-12-35-20)27(37-23)24(32)15-3-1-2-4-16(15)25(27)33/h1-11,17,22-23H,12H2,(H,30,34). The zero-order valence-corrected chi connectivity index (χ0v) is 20.4. The molecule has 8 nitrogen and oxygen atoms in total. The predicted octanol–water partition coefficient (Wildman–Crippen LogP) is 4.68. The first-order valence-corrected chi connectivity index (χ1v) is 12.1. The van der Waals surface area contributed by atoms with Gasteiger partial charge in [-0.1, -0.05) is 53.5 Å². The molecule has 0 saturated carbocycles. The number of carbonyl (C=O) groups is 4. The second-order valence-electron chi connectivity index (χ2n) is 8.90. The molecule has 1 aliphatic carbocycles. The van der Waals surface area contributed by atoms with Crippen LogP contribution in [0.5, 0.6) is 11.5 Å². The summed E-state index contributed by atoms with van der Waals surface area (Å²) in [5.74, 6) is -3.79. The van der Waals surface area contributed by atoms with Crippen molar-refractivity contribution in [2.75, 3.05) is 12.1 Å². The zero-order chi connectivity index (χ0) is 25.9. The number of rotatable bonds is 4. The van der Waals surface area contributed by atoms with E-state index in [1.807, 2.05) is 0 Å². The van der Waals surface area contributed by atoms with Gasteiger partial charge in [-0.2, -0.15) is 0 Å². The van der Waals surface area contributed by atoms with Crippen molar-refractivity contribution in [1.29, 1.82) is 0 Å². The molecule has 3 aromatic rings. The van der Waals surface area contributed by atoms with Gasteiger partial charge >= 0.3 is 0 Å². The molecule has 10 heteroatoms. The molecule has 2 aliphatic heterocycles. The molecule has 3 unspecified atom stereocenters. The molecule has 0 bridgehead atoms. The quantitative estimate of drug-likeness (QED) is 0.380. The van der Waals surface area contributed by atoms with E-state index in [4.69, 9.17) is 37.4 Å². The molecule has 1 N–H and O–H groups in total. The van der Waals surface area contributed by atoms with Crippen LogP contribution in [0.15, 0.2) is 60.7 Å². The van der Waals surface area contributed by atoms with Crippen molar-refractivity contribution in [3.05, 3.63) is 87.4 Å². The molecule has 186 valence electrons. The van der Waals surface area contributed by atoms with Gasteiger partial charge in [0, 0.05) is 22.9 Å². The SMILES string of the molecule is O=CC1C(c2ccc(Cl)c(Cl)c2)OC2(C(=O)c3ccccc3C2=O)C1C(=O)Nc1ccc2c(c1)OCO2. The lowest BCUT2D eigenvalue weighted by Gasteiger charge is -2.27. The monoisotopic (exact) mass is 537 g/mol. The van der Waals surface area contributed by atoms with Crippen LogP contribution in [-0.2, 0) is 14.3 Å². The summed E-state index contributed by atoms with van der Waals surface area (Å²) in [6.07, 6.45) is -0.572. The van der Waals surface area contributed by atoms with Crippen LogP contribution in [0.25, 0.3) is 0 Å². The van der Waals surface area contributed by atoms with E-state index in [0.717, 1.165) is 0 Å². The van der Waals surface area contributed by atoms with Crippen LogP contribution in [-0.4, -0.2) is 36.2 Å². The Labute approximate surface area is 220 Å². The van der Waals surface area contributed by atoms with E-state index in [-0.39, 0.29) is 28.0 Å². The minimum atomic E-state index is -2.23. The number of ether oxygens (including phenoxy) is 3. The van der Waals surface area contributed by atoms with Gasteiger partial charge in [-0.15, -0.1) is 0 Å². The Morgan fingerprint density at radius 1 is 0.919 bits per heavy atom. The van der Waals surface area contributed by atoms with E-state index in [0.29, 0.717) is 29.0 Å². The van der Waals surface area contributed by atoms with Gasteiger partial charge < -0.3 is 24.3 Å². The molecule has 1 fully saturated rings. The molecule has 3 atom stereocenters. The summed E-state index contributed by atoms with van der Waals surface area (Å²) in [6.45, 7) is 0.0477. The highest BCUT2D eigenvalue weighted by Gasteiger charge is 2.69. The van der Waals surface area contributed by atoms with Crippen LogP contribution in [0.1, 0.15) is 32.4 Å². The summed E-state index contributed by atoms with van der Waals surface area (Å²) in [5.41, 5.74) is -1.23. The highest BCUT2D eigenvalue weighted by atomic mass is 35.5. The van der Waals surface area contributed by atoms with Gasteiger partial charge in [0.05, 0.1) is 28.0 Å². The maximum absolute atomic E-state index is 13.8. The first kappa shape index (κ1) is 23.7. The Hall–Kier alpha value is -3.72. The molecule has 3 aliphatic rings. The highest BCUT2D eigenvalue weighted by molar-refractivity contribution is 6.42. The van der Waals surface area contributed by atoms with E-state index < -0.39 is 41.0 Å². The van der Waals surface area contributed by atoms with Crippen LogP contribution >= 0.6 is 23.2 Å². The third-order valence-electron chi connectivity index (χ3n) is 6.93. The van der Waals surface area contributed by atoms with E-state index in [1.165, 1.54) is 24.3 Å². The van der Waals surface area contributed by atoms with Crippen molar-refractivity contribution < 1.29 is 33.4 Å². The molecule has 2 heterocycles. The molecule has 1 spiro atoms. The van der Waals surface area contributed by atoms with E-state index in [1.54, 1.807) is 36.4 Å². The maximum Gasteiger partial charge on any atom is 0.232 e. The molecular weight excluding hydrogens is 521 g/mol. The van der Waals surface area contributed by atoms with Crippen molar-refractivity contribution in [3.63, 3.8) is 0 Å². The molecular formula is C27H17Cl2NO7. The molecule has 6 rings (SSSR count). The van der Waals surface area contributed by atoms with Gasteiger partial charge in [0.25, 0.3) is 0 Å². The van der Waals surface area contributed by atoms with Gasteiger partial charge in [-0.25, -0.2) is 0 Å². The number of amides is 1. The largest absolute Gasteiger partial charge is 0.454 e. The number of hydrogen-bond acceptors (Lipinski definition) is 7. The Balaban J connectivity index is 1.46. The molecule has 1 saturated heterocycles. The Bertz CT molecular complexity index is 1470. The first-order valence-electron chi connectivity index (χ1n) is 11.3. The van der Waals surface area contributed by atoms with Crippen molar-refractivity contribution in [2.45, 2.75) is 11.7 Å². The van der Waals surface area contributed by atoms with E-state index in [2.05, 4.69) is 5.32 Å². The fourth-order valence-corrected chi connectivity index (χ4v) is 5.56. The smallest absolute Gasteiger partial charge is 0.232 e. The lowest BCUT2D eigenvalue weighted by atomic mass is 9.75. The summed E-state index contributed by atoms with van der Waals surface area (Å²) in [6, 6.07) is 15.6. The number of hydrogen-bond donors (Lipinski definition) is 1. The second kappa shape index (κ2) is 8.69. The number of nitrogens with one attached hydrogen (secondary N) is 1. The minimum Gasteiger partial charge on any atom is -0.454 e. The van der Waals surface area contributed by atoms with Crippen molar-refractivity contribution in [2.24, 2.45) is 11.8 Å². The average molecular weight is 538 g/mol. The summed E-state index contributed by atoms with van der Waals surface area (Å²) in [7, 11) is 0. The lowest BCUT2D eigenvalue weighted by molar-refractivity contribution is -0.125. The third kappa shape index (κ3) is 3.48. The van der Waals surface area contributed by atoms with Gasteiger partial charge in [0.15, 0.2) is 11.5 Å². The van der Waals surface area contributed by atoms with Crippen LogP contribution < -0.4 is 14.8 Å². The average Bonchev–Trinajstić information content (AvgIpc) is 3.57. The second-order valence-corrected chi connectivity index (χ2v) is 9.71. The Morgan fingerprint density at radius 2 is 1.62 bits per heavy atom. The summed E-state index contributed by atoms with van der Waals surface area (Å²) < 4.78 is 16.9. The molecule has 37 heavy (non-hydrogen) atoms. The third-order valence-corrected chi connectivity index (χ3v) is 7.67. The van der Waals surface area contributed by atoms with Gasteiger partial charge in [0.1, 0.15) is 6.29 Å². The number of Topliss-reactive ketones (excluding diaryl/α,β-unsaturated/α-hetero) is 2. The number of benzene rings is 3. The van der Waals surface area contributed by atoms with Crippen LogP contribution in [0, 0.1) is 11.8 Å². The number of aldehydes is 1. The van der Waals surface area contributed by atoms with Crippen molar-refractivity contribution in [1.82, 2.24) is 0 Å². The topological polar surface area (TPSA) is 108 Å². The zero-order valence-electron chi connectivity index (χ0n) is 18.9. The molecule has 1 amide bonds. The normalized spacial score (nSPS) is 22.8. The number of ketones is 2. The van der Waals surface area contributed by atoms with Crippen LogP contribution in [0.3, 0.4) is 0 Å². The van der Waals surface area contributed by atoms with Crippen molar-refractivity contribution >= 4 is 52.6 Å². The van der Waals surface area contributed by atoms with Crippen LogP contribution in [0.2, 0.25) is 10.0 Å². The van der Waals surface area contributed by atoms with Gasteiger partial charge in [0.2, 0.25) is 29.9 Å². The first-order chi connectivity index (χ1) is 17.8. The van der Waals surface area contributed by atoms with Crippen LogP contribution in [0.4, 0.5) is 5.69 Å². The minimum absolute atomic E-state index is 0.0477. The predicted molar refractivity (Wildman–Crippen MR) is 132 cm³/mol. The number of carbonyl (C=O) groups excluding carboxylic acids is 4. The number of halogens is 2. The van der Waals surface area contributed by atoms with Crippen molar-refractivity contribution in [3.8, 4) is 11.5 Å². The van der Waals surface area contributed by atoms with E-state index >= 15 is 0 Å². The fourth-order valence-electron chi connectivity index (χ4n) is 5.25. The highest BCUT2D eigenvalue weighted by Crippen LogP contribution is 2.54. The summed E-state index contributed by atoms with van der Waals surface area (Å²) in [5, 5.41) is 3.20. The Morgan fingerprint density at radius 3 is 2.30 bits per heavy atom. The Kier molecular flexibility index (Phi) is 5.56. The van der Waals surface area contributed by atoms with Gasteiger partial charge in [-0.3, -0.25) is 14.4 Å². The lowest BCUT2D eigenvalue weighted by Crippen LogP contribution is -2.52.